The largest absolute Gasteiger partial charge is 0.469 e. The van der Waals surface area contributed by atoms with Crippen molar-refractivity contribution in [2.75, 3.05) is 13.7 Å². The molecule has 1 rings (SSSR count). The van der Waals surface area contributed by atoms with Crippen molar-refractivity contribution in [1.29, 1.82) is 0 Å². The fourth-order valence-electron chi connectivity index (χ4n) is 2.06. The van der Waals surface area contributed by atoms with E-state index < -0.39 is 24.2 Å². The van der Waals surface area contributed by atoms with Crippen LogP contribution >= 0.6 is 0 Å². The number of esters is 1. The minimum atomic E-state index is -0.839. The Hall–Kier alpha value is -1.43. The monoisotopic (exact) mass is 295 g/mol. The quantitative estimate of drug-likeness (QED) is 0.628. The first-order chi connectivity index (χ1) is 9.97. The summed E-state index contributed by atoms with van der Waals surface area (Å²) < 4.78 is 4.66. The van der Waals surface area contributed by atoms with Gasteiger partial charge in [0, 0.05) is 12.6 Å². The van der Waals surface area contributed by atoms with E-state index in [2.05, 4.69) is 17.0 Å². The van der Waals surface area contributed by atoms with Crippen LogP contribution in [0.5, 0.6) is 0 Å². The molecule has 0 aromatic heterocycles. The summed E-state index contributed by atoms with van der Waals surface area (Å²) in [6, 6.07) is 7.14. The van der Waals surface area contributed by atoms with E-state index in [0.29, 0.717) is 6.54 Å². The summed E-state index contributed by atoms with van der Waals surface area (Å²) in [5.74, 6) is -0.401. The topological polar surface area (TPSA) is 78.8 Å². The van der Waals surface area contributed by atoms with Gasteiger partial charge in [0.05, 0.1) is 25.7 Å². The van der Waals surface area contributed by atoms with Crippen LogP contribution in [0.25, 0.3) is 0 Å². The number of aliphatic hydroxyl groups excluding tert-OH is 2. The number of benzene rings is 1. The van der Waals surface area contributed by atoms with Gasteiger partial charge < -0.3 is 20.3 Å². The Bertz CT molecular complexity index is 430. The smallest absolute Gasteiger partial charge is 0.307 e. The molecule has 0 bridgehead atoms. The molecule has 3 unspecified atom stereocenters. The SMILES string of the molecule is CCc1ccc(C(O)C(CC(=O)OC)NCC(C)O)cc1. The molecule has 0 heterocycles. The molecule has 5 nitrogen and oxygen atoms in total. The number of methoxy groups -OCH3 is 1. The molecule has 0 fully saturated rings. The van der Waals surface area contributed by atoms with Crippen molar-refractivity contribution in [3.8, 4) is 0 Å². The number of carbonyl (C=O) groups is 1. The van der Waals surface area contributed by atoms with E-state index in [1.54, 1.807) is 6.92 Å². The van der Waals surface area contributed by atoms with E-state index >= 15 is 0 Å². The number of hydrogen-bond acceptors (Lipinski definition) is 5. The molecule has 0 saturated heterocycles. The van der Waals surface area contributed by atoms with Crippen molar-refractivity contribution < 1.29 is 19.7 Å². The Morgan fingerprint density at radius 3 is 2.38 bits per heavy atom. The fourth-order valence-corrected chi connectivity index (χ4v) is 2.06. The third-order valence-corrected chi connectivity index (χ3v) is 3.40. The van der Waals surface area contributed by atoms with E-state index in [-0.39, 0.29) is 6.42 Å². The van der Waals surface area contributed by atoms with Gasteiger partial charge in [0.25, 0.3) is 0 Å². The highest BCUT2D eigenvalue weighted by molar-refractivity contribution is 5.70. The molecule has 118 valence electrons. The van der Waals surface area contributed by atoms with Crippen LogP contribution in [-0.4, -0.2) is 42.0 Å². The molecular formula is C16H25NO4. The van der Waals surface area contributed by atoms with Gasteiger partial charge in [0.1, 0.15) is 0 Å². The van der Waals surface area contributed by atoms with Crippen LogP contribution in [-0.2, 0) is 16.0 Å². The lowest BCUT2D eigenvalue weighted by Crippen LogP contribution is -2.40. The Labute approximate surface area is 125 Å². The summed E-state index contributed by atoms with van der Waals surface area (Å²) in [5, 5.41) is 22.8. The number of aryl methyl sites for hydroxylation is 1. The summed E-state index contributed by atoms with van der Waals surface area (Å²) in [6.45, 7) is 4.01. The molecule has 1 aromatic carbocycles. The van der Waals surface area contributed by atoms with Gasteiger partial charge in [-0.2, -0.15) is 0 Å². The van der Waals surface area contributed by atoms with E-state index in [9.17, 15) is 15.0 Å². The van der Waals surface area contributed by atoms with Gasteiger partial charge in [-0.15, -0.1) is 0 Å². The zero-order chi connectivity index (χ0) is 15.8. The number of ether oxygens (including phenoxy) is 1. The molecule has 3 N–H and O–H groups in total. The molecule has 21 heavy (non-hydrogen) atoms. The van der Waals surface area contributed by atoms with Gasteiger partial charge in [-0.05, 0) is 24.5 Å². The Kier molecular flexibility index (Phi) is 7.36. The molecule has 0 saturated carbocycles. The Morgan fingerprint density at radius 2 is 1.90 bits per heavy atom. The van der Waals surface area contributed by atoms with E-state index in [1.807, 2.05) is 24.3 Å². The summed E-state index contributed by atoms with van der Waals surface area (Å²) in [5.41, 5.74) is 1.92. The normalized spacial score (nSPS) is 15.3. The molecule has 0 aliphatic heterocycles. The highest BCUT2D eigenvalue weighted by atomic mass is 16.5. The second kappa shape index (κ2) is 8.77. The molecule has 0 aliphatic rings. The van der Waals surface area contributed by atoms with Crippen molar-refractivity contribution in [3.05, 3.63) is 35.4 Å². The van der Waals surface area contributed by atoms with Crippen LogP contribution in [0.2, 0.25) is 0 Å². The van der Waals surface area contributed by atoms with Gasteiger partial charge in [-0.3, -0.25) is 4.79 Å². The molecule has 0 aliphatic carbocycles. The van der Waals surface area contributed by atoms with Crippen molar-refractivity contribution >= 4 is 5.97 Å². The van der Waals surface area contributed by atoms with Gasteiger partial charge in [-0.25, -0.2) is 0 Å². The molecule has 1 aromatic rings. The Balaban J connectivity index is 2.80. The number of nitrogens with one attached hydrogen (secondary N) is 1. The number of aliphatic hydroxyl groups is 2. The van der Waals surface area contributed by atoms with Crippen LogP contribution in [0, 0.1) is 0 Å². The van der Waals surface area contributed by atoms with E-state index in [4.69, 9.17) is 0 Å². The van der Waals surface area contributed by atoms with Crippen molar-refractivity contribution in [1.82, 2.24) is 5.32 Å². The van der Waals surface area contributed by atoms with Crippen molar-refractivity contribution in [2.24, 2.45) is 0 Å². The zero-order valence-electron chi connectivity index (χ0n) is 12.9. The van der Waals surface area contributed by atoms with Crippen LogP contribution in [0.15, 0.2) is 24.3 Å². The standard InChI is InChI=1S/C16H25NO4/c1-4-12-5-7-13(8-6-12)16(20)14(9-15(19)21-3)17-10-11(2)18/h5-8,11,14,16-18,20H,4,9-10H2,1-3H3. The first-order valence-corrected chi connectivity index (χ1v) is 7.23. The van der Waals surface area contributed by atoms with Crippen LogP contribution in [0.3, 0.4) is 0 Å². The maximum absolute atomic E-state index is 11.5. The van der Waals surface area contributed by atoms with Gasteiger partial charge in [0.2, 0.25) is 0 Å². The summed E-state index contributed by atoms with van der Waals surface area (Å²) >= 11 is 0. The lowest BCUT2D eigenvalue weighted by Gasteiger charge is -2.24. The van der Waals surface area contributed by atoms with Crippen LogP contribution in [0.1, 0.15) is 37.5 Å². The highest BCUT2D eigenvalue weighted by Crippen LogP contribution is 2.20. The summed E-state index contributed by atoms with van der Waals surface area (Å²) in [6.07, 6.45) is -0.420. The molecule has 0 amide bonds. The van der Waals surface area contributed by atoms with Crippen molar-refractivity contribution in [3.63, 3.8) is 0 Å². The highest BCUT2D eigenvalue weighted by Gasteiger charge is 2.24. The fraction of sp³-hybridized carbons (Fsp3) is 0.562. The number of carbonyl (C=O) groups excluding carboxylic acids is 1. The predicted octanol–water partition coefficient (Wildman–Crippen LogP) is 1.18. The molecule has 0 spiro atoms. The summed E-state index contributed by atoms with van der Waals surface area (Å²) in [7, 11) is 1.32. The summed E-state index contributed by atoms with van der Waals surface area (Å²) in [4.78, 5) is 11.5. The van der Waals surface area contributed by atoms with Gasteiger partial charge >= 0.3 is 5.97 Å². The first-order valence-electron chi connectivity index (χ1n) is 7.23. The third-order valence-electron chi connectivity index (χ3n) is 3.40. The van der Waals surface area contributed by atoms with Crippen molar-refractivity contribution in [2.45, 2.75) is 44.9 Å². The zero-order valence-corrected chi connectivity index (χ0v) is 12.9. The molecule has 0 radical (unpaired) electrons. The third kappa shape index (κ3) is 5.83. The van der Waals surface area contributed by atoms with Gasteiger partial charge in [0.15, 0.2) is 0 Å². The molecular weight excluding hydrogens is 270 g/mol. The lowest BCUT2D eigenvalue weighted by molar-refractivity contribution is -0.142. The molecule has 5 heteroatoms. The number of hydrogen-bond donors (Lipinski definition) is 3. The molecule has 3 atom stereocenters. The average Bonchev–Trinajstić information content (AvgIpc) is 2.50. The maximum Gasteiger partial charge on any atom is 0.307 e. The van der Waals surface area contributed by atoms with E-state index in [1.165, 1.54) is 12.7 Å². The van der Waals surface area contributed by atoms with Gasteiger partial charge in [-0.1, -0.05) is 31.2 Å². The first kappa shape index (κ1) is 17.6. The Morgan fingerprint density at radius 1 is 1.29 bits per heavy atom. The minimum absolute atomic E-state index is 0.0416. The number of rotatable bonds is 8. The maximum atomic E-state index is 11.5. The predicted molar refractivity (Wildman–Crippen MR) is 80.9 cm³/mol. The second-order valence-electron chi connectivity index (χ2n) is 5.18. The minimum Gasteiger partial charge on any atom is -0.469 e. The lowest BCUT2D eigenvalue weighted by atomic mass is 9.98. The second-order valence-corrected chi connectivity index (χ2v) is 5.18. The van der Waals surface area contributed by atoms with E-state index in [0.717, 1.165) is 12.0 Å². The van der Waals surface area contributed by atoms with Crippen LogP contribution in [0.4, 0.5) is 0 Å². The van der Waals surface area contributed by atoms with Crippen LogP contribution < -0.4 is 5.32 Å². The average molecular weight is 295 g/mol.